The summed E-state index contributed by atoms with van der Waals surface area (Å²) < 4.78 is 28.4. The summed E-state index contributed by atoms with van der Waals surface area (Å²) >= 11 is 0. The highest BCUT2D eigenvalue weighted by Gasteiger charge is 2.54. The summed E-state index contributed by atoms with van der Waals surface area (Å²) in [6, 6.07) is 0. The number of ether oxygens (including phenoxy) is 1. The van der Waals surface area contributed by atoms with Gasteiger partial charge in [-0.1, -0.05) is 0 Å². The number of piperidine rings is 1. The number of sulfone groups is 1. The van der Waals surface area contributed by atoms with Crippen LogP contribution in [0.5, 0.6) is 0 Å². The zero-order chi connectivity index (χ0) is 15.6. The first-order valence-corrected chi connectivity index (χ1v) is 8.12. The monoisotopic (exact) mass is 307 g/mol. The third-order valence-electron chi connectivity index (χ3n) is 3.65. The number of hydrogen-bond acceptors (Lipinski definition) is 5. The maximum Gasteiger partial charge on any atom is 0.407 e. The summed E-state index contributed by atoms with van der Waals surface area (Å²) in [7, 11) is -3.73. The van der Waals surface area contributed by atoms with Crippen molar-refractivity contribution in [2.45, 2.75) is 43.6 Å². The first-order chi connectivity index (χ1) is 9.19. The highest BCUT2D eigenvalue weighted by Crippen LogP contribution is 2.35. The zero-order valence-corrected chi connectivity index (χ0v) is 12.8. The fourth-order valence-electron chi connectivity index (χ4n) is 2.38. The Kier molecular flexibility index (Phi) is 5.01. The minimum atomic E-state index is -3.73. The predicted molar refractivity (Wildman–Crippen MR) is 72.3 cm³/mol. The van der Waals surface area contributed by atoms with Crippen LogP contribution in [0.3, 0.4) is 0 Å². The molecule has 1 aliphatic heterocycles. The fraction of sp³-hybridized carbons (Fsp3) is 0.833. The van der Waals surface area contributed by atoms with Crippen LogP contribution in [0.25, 0.3) is 0 Å². The molecule has 1 amide bonds. The van der Waals surface area contributed by atoms with Crippen molar-refractivity contribution in [3.05, 3.63) is 0 Å². The zero-order valence-electron chi connectivity index (χ0n) is 12.0. The van der Waals surface area contributed by atoms with Gasteiger partial charge in [-0.25, -0.2) is 13.2 Å². The number of carbonyl (C=O) groups excluding carboxylic acids is 1. The van der Waals surface area contributed by atoms with E-state index in [9.17, 15) is 18.0 Å². The Hall–Kier alpha value is -1.31. The molecule has 8 heteroatoms. The van der Waals surface area contributed by atoms with Crippen LogP contribution in [0.15, 0.2) is 0 Å². The molecule has 7 nitrogen and oxygen atoms in total. The van der Waals surface area contributed by atoms with Gasteiger partial charge in [0.25, 0.3) is 0 Å². The second-order valence-electron chi connectivity index (χ2n) is 5.08. The van der Waals surface area contributed by atoms with Gasteiger partial charge in [-0.3, -0.25) is 4.79 Å². The van der Waals surface area contributed by atoms with Crippen LogP contribution in [-0.4, -0.2) is 60.2 Å². The van der Waals surface area contributed by atoms with Gasteiger partial charge in [-0.15, -0.1) is 0 Å². The molecule has 1 N–H and O–H groups in total. The van der Waals surface area contributed by atoms with E-state index in [-0.39, 0.29) is 32.5 Å². The van der Waals surface area contributed by atoms with E-state index in [1.807, 2.05) is 0 Å². The molecule has 20 heavy (non-hydrogen) atoms. The van der Waals surface area contributed by atoms with E-state index in [1.54, 1.807) is 6.92 Å². The fourth-order valence-corrected chi connectivity index (χ4v) is 4.32. The average molecular weight is 307 g/mol. The van der Waals surface area contributed by atoms with Gasteiger partial charge in [-0.2, -0.15) is 0 Å². The van der Waals surface area contributed by atoms with Crippen molar-refractivity contribution in [2.24, 2.45) is 0 Å². The predicted octanol–water partition coefficient (Wildman–Crippen LogP) is 0.885. The molecule has 0 unspecified atom stereocenters. The lowest BCUT2D eigenvalue weighted by Crippen LogP contribution is -2.57. The second kappa shape index (κ2) is 5.99. The smallest absolute Gasteiger partial charge is 0.407 e. The minimum Gasteiger partial charge on any atom is -0.465 e. The molecule has 0 bridgehead atoms. The minimum absolute atomic E-state index is 0.0140. The van der Waals surface area contributed by atoms with Crippen molar-refractivity contribution in [1.82, 2.24) is 4.90 Å². The first kappa shape index (κ1) is 16.7. The summed E-state index contributed by atoms with van der Waals surface area (Å²) in [5.41, 5.74) is 0. The van der Waals surface area contributed by atoms with E-state index >= 15 is 0 Å². The van der Waals surface area contributed by atoms with E-state index in [4.69, 9.17) is 9.84 Å². The van der Waals surface area contributed by atoms with Crippen LogP contribution >= 0.6 is 0 Å². The van der Waals surface area contributed by atoms with Crippen LogP contribution in [0.4, 0.5) is 4.79 Å². The molecule has 0 saturated carbocycles. The maximum atomic E-state index is 12.5. The van der Waals surface area contributed by atoms with Crippen molar-refractivity contribution in [3.63, 3.8) is 0 Å². The largest absolute Gasteiger partial charge is 0.465 e. The third kappa shape index (κ3) is 2.74. The number of nitrogens with zero attached hydrogens (tertiary/aromatic N) is 1. The van der Waals surface area contributed by atoms with Gasteiger partial charge in [0, 0.05) is 13.1 Å². The molecule has 0 aliphatic carbocycles. The topological polar surface area (TPSA) is 101 Å². The molecule has 1 saturated heterocycles. The molecular formula is C12H21NO6S. The summed E-state index contributed by atoms with van der Waals surface area (Å²) in [6.07, 6.45) is -1.22. The molecule has 0 radical (unpaired) electrons. The normalized spacial score (nSPS) is 18.9. The molecule has 0 aromatic rings. The van der Waals surface area contributed by atoms with Crippen molar-refractivity contribution >= 4 is 21.9 Å². The molecule has 0 spiro atoms. The number of esters is 1. The molecule has 1 fully saturated rings. The summed E-state index contributed by atoms with van der Waals surface area (Å²) in [6.45, 7) is 4.76. The molecule has 1 rings (SSSR count). The number of rotatable bonds is 4. The van der Waals surface area contributed by atoms with E-state index in [2.05, 4.69) is 0 Å². The van der Waals surface area contributed by atoms with Crippen LogP contribution in [-0.2, 0) is 19.4 Å². The number of hydrogen-bond donors (Lipinski definition) is 1. The third-order valence-corrected chi connectivity index (χ3v) is 6.56. The van der Waals surface area contributed by atoms with Crippen LogP contribution in [0.1, 0.15) is 33.6 Å². The van der Waals surface area contributed by atoms with Gasteiger partial charge in [0.2, 0.25) is 0 Å². The van der Waals surface area contributed by atoms with E-state index in [1.165, 1.54) is 13.8 Å². The Morgan fingerprint density at radius 1 is 1.30 bits per heavy atom. The summed E-state index contributed by atoms with van der Waals surface area (Å²) in [5.74, 6) is -0.765. The molecule has 0 aromatic carbocycles. The Bertz CT molecular complexity index is 476. The number of likely N-dealkylation sites (tertiary alicyclic amines) is 1. The van der Waals surface area contributed by atoms with Crippen molar-refractivity contribution in [1.29, 1.82) is 0 Å². The van der Waals surface area contributed by atoms with Crippen molar-refractivity contribution in [3.8, 4) is 0 Å². The Morgan fingerprint density at radius 2 is 1.80 bits per heavy atom. The van der Waals surface area contributed by atoms with Gasteiger partial charge < -0.3 is 14.7 Å². The molecule has 1 aliphatic rings. The van der Waals surface area contributed by atoms with Crippen molar-refractivity contribution < 1.29 is 27.9 Å². The Morgan fingerprint density at radius 3 is 2.15 bits per heavy atom. The van der Waals surface area contributed by atoms with Gasteiger partial charge in [0.1, 0.15) is 0 Å². The summed E-state index contributed by atoms with van der Waals surface area (Å²) in [4.78, 5) is 24.2. The van der Waals surface area contributed by atoms with Gasteiger partial charge in [-0.05, 0) is 33.6 Å². The SMILES string of the molecule is CCOC(=O)C1(S(=O)(=O)C(C)C)CCN(C(=O)O)CC1. The van der Waals surface area contributed by atoms with Crippen LogP contribution in [0, 0.1) is 0 Å². The molecular weight excluding hydrogens is 286 g/mol. The van der Waals surface area contributed by atoms with E-state index < -0.39 is 31.9 Å². The number of carbonyl (C=O) groups is 2. The first-order valence-electron chi connectivity index (χ1n) is 6.57. The van der Waals surface area contributed by atoms with E-state index in [0.29, 0.717) is 0 Å². The Labute approximate surface area is 118 Å². The maximum absolute atomic E-state index is 12.5. The molecule has 0 aromatic heterocycles. The highest BCUT2D eigenvalue weighted by molar-refractivity contribution is 7.94. The van der Waals surface area contributed by atoms with Crippen molar-refractivity contribution in [2.75, 3.05) is 19.7 Å². The second-order valence-corrected chi connectivity index (χ2v) is 7.89. The van der Waals surface area contributed by atoms with Gasteiger partial charge >= 0.3 is 12.1 Å². The van der Waals surface area contributed by atoms with Crippen LogP contribution in [0.2, 0.25) is 0 Å². The highest BCUT2D eigenvalue weighted by atomic mass is 32.2. The molecule has 1 heterocycles. The summed E-state index contributed by atoms with van der Waals surface area (Å²) in [5, 5.41) is 8.20. The lowest BCUT2D eigenvalue weighted by atomic mass is 9.96. The lowest BCUT2D eigenvalue weighted by Gasteiger charge is -2.39. The number of amides is 1. The Balaban J connectivity index is 3.13. The molecule has 116 valence electrons. The average Bonchev–Trinajstić information content (AvgIpc) is 2.38. The standard InChI is InChI=1S/C12H21NO6S/c1-4-19-10(14)12(20(17,18)9(2)3)5-7-13(8-6-12)11(15)16/h9H,4-8H2,1-3H3,(H,15,16). The van der Waals surface area contributed by atoms with Crippen LogP contribution < -0.4 is 0 Å². The lowest BCUT2D eigenvalue weighted by molar-refractivity contribution is -0.147. The van der Waals surface area contributed by atoms with E-state index in [0.717, 1.165) is 4.90 Å². The quantitative estimate of drug-likeness (QED) is 0.774. The molecule has 0 atom stereocenters. The van der Waals surface area contributed by atoms with Gasteiger partial charge in [0.05, 0.1) is 11.9 Å². The van der Waals surface area contributed by atoms with Gasteiger partial charge in [0.15, 0.2) is 14.6 Å². The number of carboxylic acid groups (broad SMARTS) is 1.